The van der Waals surface area contributed by atoms with Gasteiger partial charge in [-0.05, 0) is 23.3 Å². The molecule has 0 fully saturated rings. The molecule has 130 valence electrons. The number of carbonyl (C=O) groups is 3. The van der Waals surface area contributed by atoms with Crippen LogP contribution in [-0.2, 0) is 19.1 Å². The number of aromatic hydroxyl groups is 1. The van der Waals surface area contributed by atoms with Gasteiger partial charge in [-0.25, -0.2) is 0 Å². The lowest BCUT2D eigenvalue weighted by atomic mass is 9.90. The number of phenols is 1. The Balaban J connectivity index is 2.60. The largest absolute Gasteiger partial charge is 0.507 e. The molecule has 0 aromatic heterocycles. The van der Waals surface area contributed by atoms with Crippen LogP contribution in [0.25, 0.3) is 11.1 Å². The number of hydrogen-bond acceptors (Lipinski definition) is 6. The van der Waals surface area contributed by atoms with Crippen LogP contribution < -0.4 is 0 Å². The first-order valence-electron chi connectivity index (χ1n) is 7.54. The van der Waals surface area contributed by atoms with E-state index in [4.69, 9.17) is 4.74 Å². The molecule has 0 heterocycles. The number of methoxy groups -OCH3 is 2. The van der Waals surface area contributed by atoms with Crippen LogP contribution in [0.3, 0.4) is 0 Å². The van der Waals surface area contributed by atoms with Gasteiger partial charge in [0, 0.05) is 5.56 Å². The average molecular weight is 342 g/mol. The topological polar surface area (TPSA) is 89.9 Å². The van der Waals surface area contributed by atoms with Crippen molar-refractivity contribution < 1.29 is 29.0 Å². The average Bonchev–Trinajstić information content (AvgIpc) is 2.66. The van der Waals surface area contributed by atoms with Crippen molar-refractivity contribution in [3.05, 3.63) is 53.6 Å². The van der Waals surface area contributed by atoms with Crippen molar-refractivity contribution in [2.24, 2.45) is 0 Å². The quantitative estimate of drug-likeness (QED) is 0.641. The monoisotopic (exact) mass is 342 g/mol. The molecule has 2 aromatic carbocycles. The zero-order valence-electron chi connectivity index (χ0n) is 13.9. The van der Waals surface area contributed by atoms with E-state index in [0.29, 0.717) is 23.0 Å². The minimum absolute atomic E-state index is 0.0233. The third kappa shape index (κ3) is 4.03. The maximum absolute atomic E-state index is 12.1. The highest BCUT2D eigenvalue weighted by atomic mass is 16.5. The van der Waals surface area contributed by atoms with E-state index in [9.17, 15) is 19.5 Å². The SMILES string of the molecule is COC(=O)CC(C(=O)OC)c1cc(C=O)c(O)c(-c2ccccc2)c1. The molecule has 0 aliphatic rings. The molecule has 0 radical (unpaired) electrons. The maximum atomic E-state index is 12.1. The number of esters is 2. The highest BCUT2D eigenvalue weighted by molar-refractivity contribution is 5.90. The number of ether oxygens (including phenoxy) is 2. The number of carbonyl (C=O) groups excluding carboxylic acids is 3. The van der Waals surface area contributed by atoms with Crippen LogP contribution in [0.4, 0.5) is 0 Å². The van der Waals surface area contributed by atoms with E-state index >= 15 is 0 Å². The number of rotatable bonds is 6. The molecule has 0 aliphatic heterocycles. The van der Waals surface area contributed by atoms with Gasteiger partial charge in [-0.2, -0.15) is 0 Å². The highest BCUT2D eigenvalue weighted by Crippen LogP contribution is 2.36. The van der Waals surface area contributed by atoms with E-state index < -0.39 is 17.9 Å². The fourth-order valence-electron chi connectivity index (χ4n) is 2.54. The normalized spacial score (nSPS) is 11.4. The fraction of sp³-hybridized carbons (Fsp3) is 0.211. The molecule has 2 aromatic rings. The van der Waals surface area contributed by atoms with Crippen LogP contribution in [-0.4, -0.2) is 37.6 Å². The lowest BCUT2D eigenvalue weighted by molar-refractivity contribution is -0.149. The summed E-state index contributed by atoms with van der Waals surface area (Å²) >= 11 is 0. The van der Waals surface area contributed by atoms with E-state index in [1.807, 2.05) is 6.07 Å². The maximum Gasteiger partial charge on any atom is 0.313 e. The van der Waals surface area contributed by atoms with Crippen LogP contribution in [0.5, 0.6) is 5.75 Å². The van der Waals surface area contributed by atoms with Gasteiger partial charge in [-0.1, -0.05) is 30.3 Å². The number of aldehydes is 1. The Hall–Kier alpha value is -3.15. The zero-order chi connectivity index (χ0) is 18.4. The molecule has 0 spiro atoms. The molecular weight excluding hydrogens is 324 g/mol. The van der Waals surface area contributed by atoms with E-state index in [1.165, 1.54) is 20.3 Å². The Morgan fingerprint density at radius 3 is 2.36 bits per heavy atom. The van der Waals surface area contributed by atoms with Crippen molar-refractivity contribution in [3.63, 3.8) is 0 Å². The smallest absolute Gasteiger partial charge is 0.313 e. The van der Waals surface area contributed by atoms with Gasteiger partial charge in [-0.15, -0.1) is 0 Å². The predicted octanol–water partition coefficient (Wildman–Crippen LogP) is 2.69. The first-order chi connectivity index (χ1) is 12.0. The summed E-state index contributed by atoms with van der Waals surface area (Å²) < 4.78 is 9.39. The molecule has 25 heavy (non-hydrogen) atoms. The van der Waals surface area contributed by atoms with Crippen LogP contribution in [0.2, 0.25) is 0 Å². The summed E-state index contributed by atoms with van der Waals surface area (Å²) in [5.74, 6) is -2.35. The summed E-state index contributed by atoms with van der Waals surface area (Å²) in [5, 5.41) is 10.3. The molecule has 0 amide bonds. The van der Waals surface area contributed by atoms with Crippen LogP contribution in [0, 0.1) is 0 Å². The summed E-state index contributed by atoms with van der Waals surface area (Å²) in [6, 6.07) is 11.9. The molecule has 1 atom stereocenters. The first kappa shape index (κ1) is 18.2. The van der Waals surface area contributed by atoms with E-state index in [1.54, 1.807) is 30.3 Å². The van der Waals surface area contributed by atoms with Crippen molar-refractivity contribution in [1.82, 2.24) is 0 Å². The van der Waals surface area contributed by atoms with Gasteiger partial charge in [0.05, 0.1) is 32.1 Å². The van der Waals surface area contributed by atoms with Crippen LogP contribution in [0.15, 0.2) is 42.5 Å². The Bertz CT molecular complexity index is 782. The number of phenolic OH excluding ortho intramolecular Hbond substituents is 1. The molecule has 6 heteroatoms. The second-order valence-electron chi connectivity index (χ2n) is 5.35. The van der Waals surface area contributed by atoms with E-state index in [0.717, 1.165) is 0 Å². The summed E-state index contributed by atoms with van der Waals surface area (Å²) in [5.41, 5.74) is 1.47. The van der Waals surface area contributed by atoms with Gasteiger partial charge < -0.3 is 14.6 Å². The molecule has 1 unspecified atom stereocenters. The lowest BCUT2D eigenvalue weighted by Gasteiger charge is -2.17. The lowest BCUT2D eigenvalue weighted by Crippen LogP contribution is -2.19. The zero-order valence-corrected chi connectivity index (χ0v) is 13.9. The summed E-state index contributed by atoms with van der Waals surface area (Å²) in [6.45, 7) is 0. The molecule has 0 saturated heterocycles. The standard InChI is InChI=1S/C19H18O6/c1-24-17(21)10-16(19(23)25-2)13-8-14(11-20)18(22)15(9-13)12-6-4-3-5-7-12/h3-9,11,16,22H,10H2,1-2H3. The Morgan fingerprint density at radius 1 is 1.12 bits per heavy atom. The van der Waals surface area contributed by atoms with Gasteiger partial charge in [0.2, 0.25) is 0 Å². The van der Waals surface area contributed by atoms with Crippen molar-refractivity contribution >= 4 is 18.2 Å². The Morgan fingerprint density at radius 2 is 1.80 bits per heavy atom. The Labute approximate surface area is 145 Å². The van der Waals surface area contributed by atoms with Crippen molar-refractivity contribution in [2.75, 3.05) is 14.2 Å². The summed E-state index contributed by atoms with van der Waals surface area (Å²) in [4.78, 5) is 35.1. The van der Waals surface area contributed by atoms with Gasteiger partial charge in [0.15, 0.2) is 6.29 Å². The van der Waals surface area contributed by atoms with Crippen molar-refractivity contribution in [3.8, 4) is 16.9 Å². The third-order valence-electron chi connectivity index (χ3n) is 3.86. The van der Waals surface area contributed by atoms with E-state index in [-0.39, 0.29) is 17.7 Å². The number of benzene rings is 2. The second kappa shape index (κ2) is 8.10. The fourth-order valence-corrected chi connectivity index (χ4v) is 2.54. The second-order valence-corrected chi connectivity index (χ2v) is 5.35. The molecule has 1 N–H and O–H groups in total. The molecule has 2 rings (SSSR count). The third-order valence-corrected chi connectivity index (χ3v) is 3.86. The molecule has 6 nitrogen and oxygen atoms in total. The van der Waals surface area contributed by atoms with Gasteiger partial charge >= 0.3 is 11.9 Å². The van der Waals surface area contributed by atoms with Crippen molar-refractivity contribution in [1.29, 1.82) is 0 Å². The van der Waals surface area contributed by atoms with Gasteiger partial charge in [0.25, 0.3) is 0 Å². The first-order valence-corrected chi connectivity index (χ1v) is 7.54. The van der Waals surface area contributed by atoms with Gasteiger partial charge in [-0.3, -0.25) is 14.4 Å². The minimum Gasteiger partial charge on any atom is -0.507 e. The molecular formula is C19H18O6. The predicted molar refractivity (Wildman–Crippen MR) is 90.3 cm³/mol. The minimum atomic E-state index is -0.945. The summed E-state index contributed by atoms with van der Waals surface area (Å²) in [6.07, 6.45) is 0.262. The van der Waals surface area contributed by atoms with Crippen LogP contribution >= 0.6 is 0 Å². The molecule has 0 saturated carbocycles. The van der Waals surface area contributed by atoms with Crippen LogP contribution in [0.1, 0.15) is 28.3 Å². The summed E-state index contributed by atoms with van der Waals surface area (Å²) in [7, 11) is 2.44. The molecule has 0 bridgehead atoms. The van der Waals surface area contributed by atoms with Gasteiger partial charge in [0.1, 0.15) is 5.75 Å². The highest BCUT2D eigenvalue weighted by Gasteiger charge is 2.27. The van der Waals surface area contributed by atoms with E-state index in [2.05, 4.69) is 4.74 Å². The number of hydrogen-bond donors (Lipinski definition) is 1. The van der Waals surface area contributed by atoms with Crippen molar-refractivity contribution in [2.45, 2.75) is 12.3 Å². The molecule has 0 aliphatic carbocycles. The Kier molecular flexibility index (Phi) is 5.89.